The van der Waals surface area contributed by atoms with Crippen molar-refractivity contribution < 1.29 is 19.8 Å². The first kappa shape index (κ1) is 22.1. The number of pyridine rings is 1. The van der Waals surface area contributed by atoms with Crippen LogP contribution in [0.15, 0.2) is 35.1 Å². The third kappa shape index (κ3) is 4.71. The molecule has 0 spiro atoms. The Labute approximate surface area is 187 Å². The van der Waals surface area contributed by atoms with E-state index in [1.807, 2.05) is 0 Å². The van der Waals surface area contributed by atoms with Gasteiger partial charge in [0.25, 0.3) is 11.5 Å². The van der Waals surface area contributed by atoms with E-state index in [4.69, 9.17) is 0 Å². The van der Waals surface area contributed by atoms with Crippen LogP contribution in [0.1, 0.15) is 78.2 Å². The molecule has 0 bridgehead atoms. The summed E-state index contributed by atoms with van der Waals surface area (Å²) in [5.74, 6) is -1.47. The van der Waals surface area contributed by atoms with Crippen molar-refractivity contribution in [2.45, 2.75) is 70.4 Å². The summed E-state index contributed by atoms with van der Waals surface area (Å²) in [6.45, 7) is 0.628. The van der Waals surface area contributed by atoms with Gasteiger partial charge in [-0.1, -0.05) is 31.4 Å². The lowest BCUT2D eigenvalue weighted by atomic mass is 9.88. The summed E-state index contributed by atoms with van der Waals surface area (Å²) in [5.41, 5.74) is 2.06. The Morgan fingerprint density at radius 2 is 1.72 bits per heavy atom. The molecule has 1 fully saturated rings. The van der Waals surface area contributed by atoms with E-state index in [0.29, 0.717) is 18.0 Å². The maximum atomic E-state index is 13.4. The molecule has 0 saturated heterocycles. The number of fused-ring (bicyclic) bond motifs is 1. The van der Waals surface area contributed by atoms with Gasteiger partial charge in [0.1, 0.15) is 11.3 Å². The molecular weight excluding hydrogens is 408 g/mol. The quantitative estimate of drug-likeness (QED) is 0.639. The van der Waals surface area contributed by atoms with Gasteiger partial charge in [0, 0.05) is 12.2 Å². The summed E-state index contributed by atoms with van der Waals surface area (Å²) in [5, 5.41) is 21.6. The van der Waals surface area contributed by atoms with Gasteiger partial charge in [0.05, 0.1) is 0 Å². The first-order valence-corrected chi connectivity index (χ1v) is 11.5. The summed E-state index contributed by atoms with van der Waals surface area (Å²) in [6.07, 6.45) is 9.49. The van der Waals surface area contributed by atoms with E-state index in [-0.39, 0.29) is 16.9 Å². The van der Waals surface area contributed by atoms with Crippen LogP contribution in [0.4, 0.5) is 0 Å². The van der Waals surface area contributed by atoms with Gasteiger partial charge in [0.2, 0.25) is 0 Å². The number of hydrogen-bond acceptors (Lipinski definition) is 4. The molecule has 1 amide bonds. The Hall–Kier alpha value is -3.09. The van der Waals surface area contributed by atoms with Gasteiger partial charge in [-0.2, -0.15) is 0 Å². The first-order valence-electron chi connectivity index (χ1n) is 11.5. The van der Waals surface area contributed by atoms with Crippen molar-refractivity contribution in [2.24, 2.45) is 5.92 Å². The number of carbonyl (C=O) groups is 2. The maximum absolute atomic E-state index is 13.4. The lowest BCUT2D eigenvalue weighted by Gasteiger charge is -2.27. The van der Waals surface area contributed by atoms with Gasteiger partial charge in [-0.15, -0.1) is 0 Å². The van der Waals surface area contributed by atoms with Gasteiger partial charge in [0.15, 0.2) is 6.04 Å². The monoisotopic (exact) mass is 438 g/mol. The standard InChI is InChI=1S/C25H30N2O5/c28-19-12-10-17(11-13-19)22(25(31)32)26-23(29)20-14-18-8-4-5-9-21(18)27(24(20)30)15-16-6-2-1-3-7-16/h10-14,16,22,28H,1-9,15H2,(H,26,29)(H,31,32)/t22-/m1/s1. The minimum absolute atomic E-state index is 0.00417. The zero-order valence-corrected chi connectivity index (χ0v) is 18.2. The number of aryl methyl sites for hydroxylation is 1. The molecule has 0 aliphatic heterocycles. The lowest BCUT2D eigenvalue weighted by molar-refractivity contribution is -0.139. The van der Waals surface area contributed by atoms with Gasteiger partial charge in [-0.3, -0.25) is 9.59 Å². The molecule has 2 aliphatic carbocycles. The number of aliphatic carboxylic acids is 1. The highest BCUT2D eigenvalue weighted by atomic mass is 16.4. The summed E-state index contributed by atoms with van der Waals surface area (Å²) < 4.78 is 1.80. The molecule has 2 aliphatic rings. The number of hydrogen-bond donors (Lipinski definition) is 3. The molecule has 1 aromatic heterocycles. The Bertz CT molecular complexity index is 1050. The topological polar surface area (TPSA) is 109 Å². The number of amides is 1. The molecule has 0 radical (unpaired) electrons. The summed E-state index contributed by atoms with van der Waals surface area (Å²) >= 11 is 0. The molecule has 1 aromatic carbocycles. The van der Waals surface area contributed by atoms with Crippen LogP contribution in [0, 0.1) is 5.92 Å². The van der Waals surface area contributed by atoms with E-state index in [1.54, 1.807) is 10.6 Å². The van der Waals surface area contributed by atoms with Gasteiger partial charge in [-0.25, -0.2) is 4.79 Å². The minimum Gasteiger partial charge on any atom is -0.508 e. The second-order valence-corrected chi connectivity index (χ2v) is 8.99. The number of rotatable bonds is 6. The molecule has 170 valence electrons. The highest BCUT2D eigenvalue weighted by Gasteiger charge is 2.27. The fraction of sp³-hybridized carbons (Fsp3) is 0.480. The van der Waals surface area contributed by atoms with Crippen LogP contribution in [0.5, 0.6) is 5.75 Å². The Morgan fingerprint density at radius 1 is 1.03 bits per heavy atom. The van der Waals surface area contributed by atoms with Crippen LogP contribution >= 0.6 is 0 Å². The molecule has 1 heterocycles. The van der Waals surface area contributed by atoms with Crippen LogP contribution < -0.4 is 10.9 Å². The number of nitrogens with one attached hydrogen (secondary N) is 1. The van der Waals surface area contributed by atoms with E-state index in [0.717, 1.165) is 49.8 Å². The second-order valence-electron chi connectivity index (χ2n) is 8.99. The average molecular weight is 439 g/mol. The number of carboxylic acids is 1. The molecule has 4 rings (SSSR count). The predicted molar refractivity (Wildman–Crippen MR) is 120 cm³/mol. The number of aromatic nitrogens is 1. The van der Waals surface area contributed by atoms with Crippen molar-refractivity contribution in [3.8, 4) is 5.75 Å². The largest absolute Gasteiger partial charge is 0.508 e. The molecular formula is C25H30N2O5. The molecule has 32 heavy (non-hydrogen) atoms. The van der Waals surface area contributed by atoms with Crippen LogP contribution in [-0.2, 0) is 24.2 Å². The molecule has 7 heteroatoms. The number of benzene rings is 1. The third-order valence-electron chi connectivity index (χ3n) is 6.76. The van der Waals surface area contributed by atoms with Crippen LogP contribution in [0.25, 0.3) is 0 Å². The Balaban J connectivity index is 1.66. The van der Waals surface area contributed by atoms with Crippen molar-refractivity contribution in [1.82, 2.24) is 9.88 Å². The fourth-order valence-corrected chi connectivity index (χ4v) is 5.03. The van der Waals surface area contributed by atoms with Gasteiger partial charge >= 0.3 is 5.97 Å². The summed E-state index contributed by atoms with van der Waals surface area (Å²) in [4.78, 5) is 38.4. The predicted octanol–water partition coefficient (Wildman–Crippen LogP) is 3.57. The number of carboxylic acid groups (broad SMARTS) is 1. The first-order chi connectivity index (χ1) is 15.4. The van der Waals surface area contributed by atoms with Gasteiger partial charge < -0.3 is 20.1 Å². The molecule has 1 saturated carbocycles. The van der Waals surface area contributed by atoms with E-state index in [9.17, 15) is 24.6 Å². The molecule has 1 atom stereocenters. The average Bonchev–Trinajstić information content (AvgIpc) is 2.80. The number of phenolic OH excluding ortho intramolecular Hbond substituents is 1. The van der Waals surface area contributed by atoms with Crippen molar-refractivity contribution in [3.05, 3.63) is 63.1 Å². The van der Waals surface area contributed by atoms with Gasteiger partial charge in [-0.05, 0) is 73.8 Å². The molecule has 0 unspecified atom stereocenters. The molecule has 3 N–H and O–H groups in total. The summed E-state index contributed by atoms with van der Waals surface area (Å²) in [7, 11) is 0. The van der Waals surface area contributed by atoms with Crippen molar-refractivity contribution >= 4 is 11.9 Å². The third-order valence-corrected chi connectivity index (χ3v) is 6.76. The van der Waals surface area contributed by atoms with Crippen molar-refractivity contribution in [2.75, 3.05) is 0 Å². The van der Waals surface area contributed by atoms with Crippen LogP contribution in [0.2, 0.25) is 0 Å². The van der Waals surface area contributed by atoms with Crippen molar-refractivity contribution in [3.63, 3.8) is 0 Å². The zero-order chi connectivity index (χ0) is 22.7. The Kier molecular flexibility index (Phi) is 6.63. The van der Waals surface area contributed by atoms with E-state index < -0.39 is 17.9 Å². The molecule has 7 nitrogen and oxygen atoms in total. The Morgan fingerprint density at radius 3 is 2.41 bits per heavy atom. The summed E-state index contributed by atoms with van der Waals surface area (Å²) in [6, 6.07) is 5.98. The van der Waals surface area contributed by atoms with E-state index in [1.165, 1.54) is 43.5 Å². The number of phenols is 1. The highest BCUT2D eigenvalue weighted by Crippen LogP contribution is 2.27. The smallest absolute Gasteiger partial charge is 0.330 e. The fourth-order valence-electron chi connectivity index (χ4n) is 5.03. The normalized spacial score (nSPS) is 17.4. The van der Waals surface area contributed by atoms with Crippen molar-refractivity contribution in [1.29, 1.82) is 0 Å². The van der Waals surface area contributed by atoms with E-state index in [2.05, 4.69) is 5.32 Å². The number of carbonyl (C=O) groups excluding carboxylic acids is 1. The van der Waals surface area contributed by atoms with Crippen LogP contribution in [0.3, 0.4) is 0 Å². The lowest BCUT2D eigenvalue weighted by Crippen LogP contribution is -2.40. The number of nitrogens with zero attached hydrogens (tertiary/aromatic N) is 1. The number of aromatic hydroxyl groups is 1. The van der Waals surface area contributed by atoms with Crippen LogP contribution in [-0.4, -0.2) is 26.7 Å². The highest BCUT2D eigenvalue weighted by molar-refractivity contribution is 5.96. The minimum atomic E-state index is -1.31. The molecule has 2 aromatic rings. The maximum Gasteiger partial charge on any atom is 0.330 e. The zero-order valence-electron chi connectivity index (χ0n) is 18.2. The van der Waals surface area contributed by atoms with E-state index >= 15 is 0 Å². The SMILES string of the molecule is O=C(N[C@@H](C(=O)O)c1ccc(O)cc1)c1cc2c(n(CC3CCCCC3)c1=O)CCCC2. The second kappa shape index (κ2) is 9.59.